The predicted octanol–water partition coefficient (Wildman–Crippen LogP) is 1.67. The second-order valence-electron chi connectivity index (χ2n) is 3.84. The lowest BCUT2D eigenvalue weighted by molar-refractivity contribution is 0.0952. The smallest absolute Gasteiger partial charge is 0.254 e. The highest BCUT2D eigenvalue weighted by molar-refractivity contribution is 5.93. The van der Waals surface area contributed by atoms with Crippen molar-refractivity contribution in [1.29, 1.82) is 0 Å². The molecule has 0 aliphatic carbocycles. The van der Waals surface area contributed by atoms with E-state index in [0.717, 1.165) is 24.4 Å². The lowest BCUT2D eigenvalue weighted by atomic mass is 10.2. The number of aromatic amines is 1. The first kappa shape index (κ1) is 11.4. The summed E-state index contributed by atoms with van der Waals surface area (Å²) in [5.41, 5.74) is 0.570. The number of hydrogen-bond acceptors (Lipinski definition) is 3. The number of rotatable bonds is 5. The molecule has 17 heavy (non-hydrogen) atoms. The lowest BCUT2D eigenvalue weighted by Gasteiger charge is -2.01. The van der Waals surface area contributed by atoms with Crippen LogP contribution < -0.4 is 5.32 Å². The van der Waals surface area contributed by atoms with E-state index < -0.39 is 0 Å². The van der Waals surface area contributed by atoms with Gasteiger partial charge in [0, 0.05) is 25.4 Å². The van der Waals surface area contributed by atoms with Gasteiger partial charge in [0.05, 0.1) is 5.56 Å². The molecule has 2 N–H and O–H groups in total. The van der Waals surface area contributed by atoms with Crippen LogP contribution in [0.25, 0.3) is 0 Å². The fraction of sp³-hybridized carbons (Fsp3) is 0.333. The third-order valence-corrected chi connectivity index (χ3v) is 2.42. The fourth-order valence-corrected chi connectivity index (χ4v) is 1.56. The van der Waals surface area contributed by atoms with Gasteiger partial charge in [-0.3, -0.25) is 4.79 Å². The fourth-order valence-electron chi connectivity index (χ4n) is 1.56. The molecule has 5 nitrogen and oxygen atoms in total. The molecular formula is C12H15N3O2. The Labute approximate surface area is 99.2 Å². The first-order chi connectivity index (χ1) is 8.25. The normalized spacial score (nSPS) is 10.4. The Hall–Kier alpha value is -2.04. The molecule has 0 fully saturated rings. The number of amides is 1. The second-order valence-corrected chi connectivity index (χ2v) is 3.84. The van der Waals surface area contributed by atoms with Crippen molar-refractivity contribution in [2.75, 3.05) is 6.54 Å². The number of nitrogens with zero attached hydrogens (tertiary/aromatic N) is 1. The molecule has 0 aromatic carbocycles. The third-order valence-electron chi connectivity index (χ3n) is 2.42. The van der Waals surface area contributed by atoms with Crippen LogP contribution in [0.15, 0.2) is 29.1 Å². The van der Waals surface area contributed by atoms with Gasteiger partial charge in [-0.2, -0.15) is 0 Å². The summed E-state index contributed by atoms with van der Waals surface area (Å²) in [5.74, 6) is 1.59. The van der Waals surface area contributed by atoms with E-state index in [1.807, 2.05) is 6.92 Å². The van der Waals surface area contributed by atoms with Crippen LogP contribution in [0.5, 0.6) is 0 Å². The molecule has 0 aliphatic rings. The molecule has 0 saturated carbocycles. The highest BCUT2D eigenvalue weighted by Crippen LogP contribution is 2.05. The van der Waals surface area contributed by atoms with Crippen molar-refractivity contribution >= 4 is 5.91 Å². The molecule has 0 atom stereocenters. The zero-order valence-corrected chi connectivity index (χ0v) is 9.69. The van der Waals surface area contributed by atoms with E-state index in [0.29, 0.717) is 12.1 Å². The molecule has 2 aromatic heterocycles. The Bertz CT molecular complexity index is 474. The molecule has 0 radical (unpaired) electrons. The Morgan fingerprint density at radius 1 is 1.59 bits per heavy atom. The first-order valence-corrected chi connectivity index (χ1v) is 5.57. The van der Waals surface area contributed by atoms with Crippen molar-refractivity contribution in [3.63, 3.8) is 0 Å². The van der Waals surface area contributed by atoms with Crippen LogP contribution in [-0.2, 0) is 6.42 Å². The second kappa shape index (κ2) is 5.34. The van der Waals surface area contributed by atoms with E-state index in [1.54, 1.807) is 18.5 Å². The molecular weight excluding hydrogens is 218 g/mol. The number of hydrogen-bond donors (Lipinski definition) is 2. The van der Waals surface area contributed by atoms with Crippen molar-refractivity contribution in [1.82, 2.24) is 15.3 Å². The van der Waals surface area contributed by atoms with Crippen molar-refractivity contribution in [3.05, 3.63) is 41.9 Å². The van der Waals surface area contributed by atoms with Gasteiger partial charge in [-0.1, -0.05) is 0 Å². The number of aromatic nitrogens is 2. The Kier molecular flexibility index (Phi) is 3.59. The van der Waals surface area contributed by atoms with Crippen molar-refractivity contribution in [2.24, 2.45) is 0 Å². The summed E-state index contributed by atoms with van der Waals surface area (Å²) in [6.45, 7) is 2.44. The summed E-state index contributed by atoms with van der Waals surface area (Å²) in [4.78, 5) is 18.8. The van der Waals surface area contributed by atoms with Crippen molar-refractivity contribution in [2.45, 2.75) is 19.8 Å². The quantitative estimate of drug-likeness (QED) is 0.772. The summed E-state index contributed by atoms with van der Waals surface area (Å²) in [7, 11) is 0. The molecule has 0 spiro atoms. The van der Waals surface area contributed by atoms with Gasteiger partial charge in [0.1, 0.15) is 17.8 Å². The van der Waals surface area contributed by atoms with Crippen molar-refractivity contribution in [3.8, 4) is 0 Å². The largest absolute Gasteiger partial charge is 0.469 e. The number of carbonyl (C=O) groups is 1. The molecule has 0 unspecified atom stereocenters. The van der Waals surface area contributed by atoms with Gasteiger partial charge in [-0.05, 0) is 19.4 Å². The Morgan fingerprint density at radius 2 is 2.47 bits per heavy atom. The molecule has 90 valence electrons. The summed E-state index contributed by atoms with van der Waals surface area (Å²) >= 11 is 0. The highest BCUT2D eigenvalue weighted by atomic mass is 16.3. The maximum absolute atomic E-state index is 11.6. The first-order valence-electron chi connectivity index (χ1n) is 5.57. The molecule has 0 bridgehead atoms. The van der Waals surface area contributed by atoms with Crippen LogP contribution in [-0.4, -0.2) is 22.4 Å². The van der Waals surface area contributed by atoms with Gasteiger partial charge in [-0.25, -0.2) is 4.98 Å². The molecule has 0 aliphatic heterocycles. The topological polar surface area (TPSA) is 70.9 Å². The van der Waals surface area contributed by atoms with E-state index in [1.165, 1.54) is 6.26 Å². The number of furan rings is 1. The Morgan fingerprint density at radius 3 is 3.12 bits per heavy atom. The van der Waals surface area contributed by atoms with Crippen LogP contribution in [0.4, 0.5) is 0 Å². The SMILES string of the molecule is Cc1cc(C(=O)NCCCc2ncc[nH]2)co1. The van der Waals surface area contributed by atoms with E-state index in [4.69, 9.17) is 4.42 Å². The monoisotopic (exact) mass is 233 g/mol. The van der Waals surface area contributed by atoms with Crippen LogP contribution in [0.3, 0.4) is 0 Å². The minimum atomic E-state index is -0.0960. The lowest BCUT2D eigenvalue weighted by Crippen LogP contribution is -2.24. The van der Waals surface area contributed by atoms with Gasteiger partial charge in [-0.15, -0.1) is 0 Å². The summed E-state index contributed by atoms with van der Waals surface area (Å²) in [5, 5.41) is 2.83. The zero-order valence-electron chi connectivity index (χ0n) is 9.69. The van der Waals surface area contributed by atoms with Gasteiger partial charge in [0.2, 0.25) is 0 Å². The molecule has 2 rings (SSSR count). The van der Waals surface area contributed by atoms with Crippen LogP contribution in [0.1, 0.15) is 28.4 Å². The molecule has 2 heterocycles. The number of nitrogens with one attached hydrogen (secondary N) is 2. The van der Waals surface area contributed by atoms with Crippen molar-refractivity contribution < 1.29 is 9.21 Å². The standard InChI is InChI=1S/C12H15N3O2/c1-9-7-10(8-17-9)12(16)15-4-2-3-11-13-5-6-14-11/h5-8H,2-4H2,1H3,(H,13,14)(H,15,16). The van der Waals surface area contributed by atoms with Crippen LogP contribution in [0.2, 0.25) is 0 Å². The predicted molar refractivity (Wildman–Crippen MR) is 62.7 cm³/mol. The average molecular weight is 233 g/mol. The maximum Gasteiger partial charge on any atom is 0.254 e. The zero-order chi connectivity index (χ0) is 12.1. The Balaban J connectivity index is 1.70. The molecule has 0 saturated heterocycles. The van der Waals surface area contributed by atoms with Gasteiger partial charge >= 0.3 is 0 Å². The molecule has 1 amide bonds. The summed E-state index contributed by atoms with van der Waals surface area (Å²) in [6, 6.07) is 1.72. The highest BCUT2D eigenvalue weighted by Gasteiger charge is 2.07. The summed E-state index contributed by atoms with van der Waals surface area (Å²) in [6.07, 6.45) is 6.68. The summed E-state index contributed by atoms with van der Waals surface area (Å²) < 4.78 is 5.08. The average Bonchev–Trinajstić information content (AvgIpc) is 2.95. The van der Waals surface area contributed by atoms with E-state index in [9.17, 15) is 4.79 Å². The van der Waals surface area contributed by atoms with Gasteiger partial charge < -0.3 is 14.7 Å². The minimum Gasteiger partial charge on any atom is -0.469 e. The third kappa shape index (κ3) is 3.21. The van der Waals surface area contributed by atoms with E-state index in [2.05, 4.69) is 15.3 Å². The number of carbonyl (C=O) groups excluding carboxylic acids is 1. The molecule has 5 heteroatoms. The number of H-pyrrole nitrogens is 1. The maximum atomic E-state index is 11.6. The van der Waals surface area contributed by atoms with Crippen LogP contribution in [0, 0.1) is 6.92 Å². The van der Waals surface area contributed by atoms with Crippen LogP contribution >= 0.6 is 0 Å². The number of aryl methyl sites for hydroxylation is 2. The van der Waals surface area contributed by atoms with Gasteiger partial charge in [0.25, 0.3) is 5.91 Å². The van der Waals surface area contributed by atoms with E-state index >= 15 is 0 Å². The molecule has 2 aromatic rings. The van der Waals surface area contributed by atoms with E-state index in [-0.39, 0.29) is 5.91 Å². The number of imidazole rings is 1. The minimum absolute atomic E-state index is 0.0960. The van der Waals surface area contributed by atoms with Gasteiger partial charge in [0.15, 0.2) is 0 Å².